The summed E-state index contributed by atoms with van der Waals surface area (Å²) in [7, 11) is 0. The minimum absolute atomic E-state index is 0.325. The quantitative estimate of drug-likeness (QED) is 0.681. The number of benzene rings is 2. The van der Waals surface area contributed by atoms with E-state index in [1.807, 2.05) is 24.3 Å². The zero-order valence-corrected chi connectivity index (χ0v) is 14.3. The third kappa shape index (κ3) is 2.62. The maximum Gasteiger partial charge on any atom is 0.329 e. The first-order valence-corrected chi connectivity index (χ1v) is 8.24. The summed E-state index contributed by atoms with van der Waals surface area (Å²) in [5.41, 5.74) is 1.02. The predicted octanol–water partition coefficient (Wildman–Crippen LogP) is 4.34. The number of hydrogen-bond acceptors (Lipinski definition) is 3. The highest BCUT2D eigenvalue weighted by atomic mass is 35.5. The molecule has 0 aliphatic carbocycles. The first-order chi connectivity index (χ1) is 12.1. The summed E-state index contributed by atoms with van der Waals surface area (Å²) in [6.07, 6.45) is 3.20. The van der Waals surface area contributed by atoms with Crippen LogP contribution in [0.25, 0.3) is 10.8 Å². The van der Waals surface area contributed by atoms with E-state index in [2.05, 4.69) is 10.3 Å². The number of anilines is 1. The molecule has 0 saturated carbocycles. The molecule has 1 unspecified atom stereocenters. The number of imide groups is 1. The van der Waals surface area contributed by atoms with Crippen LogP contribution in [0.2, 0.25) is 10.0 Å². The average Bonchev–Trinajstić information content (AvgIpc) is 2.91. The Morgan fingerprint density at radius 1 is 1.00 bits per heavy atom. The van der Waals surface area contributed by atoms with Gasteiger partial charge in [0.2, 0.25) is 0 Å². The van der Waals surface area contributed by atoms with Crippen molar-refractivity contribution < 1.29 is 9.59 Å². The van der Waals surface area contributed by atoms with Crippen LogP contribution in [0.1, 0.15) is 11.6 Å². The van der Waals surface area contributed by atoms with Crippen LogP contribution >= 0.6 is 23.2 Å². The highest BCUT2D eigenvalue weighted by Gasteiger charge is 2.40. The molecule has 5 nitrogen and oxygen atoms in total. The van der Waals surface area contributed by atoms with Gasteiger partial charge in [0.15, 0.2) is 0 Å². The van der Waals surface area contributed by atoms with Crippen LogP contribution in [0.15, 0.2) is 54.9 Å². The molecule has 1 aromatic heterocycles. The van der Waals surface area contributed by atoms with Gasteiger partial charge in [0, 0.05) is 17.0 Å². The van der Waals surface area contributed by atoms with Crippen LogP contribution in [0, 0.1) is 0 Å². The summed E-state index contributed by atoms with van der Waals surface area (Å²) < 4.78 is 0. The Morgan fingerprint density at radius 2 is 1.80 bits per heavy atom. The van der Waals surface area contributed by atoms with E-state index in [4.69, 9.17) is 23.2 Å². The standard InChI is InChI=1S/C18H11Cl2N3O2/c19-13-6-5-10(7-14(13)20)16-17(24)23(18(25)22-16)15-9-21-8-11-3-1-2-4-12(11)15/h1-9,16H,(H,22,25). The van der Waals surface area contributed by atoms with E-state index in [1.165, 1.54) is 6.20 Å². The van der Waals surface area contributed by atoms with Crippen molar-refractivity contribution in [1.29, 1.82) is 0 Å². The summed E-state index contributed by atoms with van der Waals surface area (Å²) >= 11 is 11.9. The number of carbonyl (C=O) groups is 2. The normalized spacial score (nSPS) is 17.2. The Hall–Kier alpha value is -2.63. The molecule has 1 fully saturated rings. The van der Waals surface area contributed by atoms with Crippen molar-refractivity contribution >= 4 is 51.6 Å². The van der Waals surface area contributed by atoms with Gasteiger partial charge < -0.3 is 5.32 Å². The van der Waals surface area contributed by atoms with E-state index in [1.54, 1.807) is 24.4 Å². The lowest BCUT2D eigenvalue weighted by atomic mass is 10.1. The lowest BCUT2D eigenvalue weighted by Crippen LogP contribution is -2.30. The van der Waals surface area contributed by atoms with Crippen molar-refractivity contribution in [2.45, 2.75) is 6.04 Å². The molecule has 1 N–H and O–H groups in total. The fraction of sp³-hybridized carbons (Fsp3) is 0.0556. The fourth-order valence-electron chi connectivity index (χ4n) is 2.90. The highest BCUT2D eigenvalue weighted by Crippen LogP contribution is 2.33. The Morgan fingerprint density at radius 3 is 2.60 bits per heavy atom. The summed E-state index contributed by atoms with van der Waals surface area (Å²) in [6.45, 7) is 0. The van der Waals surface area contributed by atoms with Crippen molar-refractivity contribution in [1.82, 2.24) is 10.3 Å². The van der Waals surface area contributed by atoms with E-state index in [-0.39, 0.29) is 5.91 Å². The number of urea groups is 1. The van der Waals surface area contributed by atoms with E-state index in [9.17, 15) is 9.59 Å². The van der Waals surface area contributed by atoms with Gasteiger partial charge in [0.1, 0.15) is 6.04 Å². The number of amides is 3. The molecule has 0 spiro atoms. The van der Waals surface area contributed by atoms with Crippen molar-refractivity contribution in [3.8, 4) is 0 Å². The first kappa shape index (κ1) is 15.9. The molecule has 124 valence electrons. The Bertz CT molecular complexity index is 1020. The summed E-state index contributed by atoms with van der Waals surface area (Å²) in [5, 5.41) is 5.02. The molecule has 25 heavy (non-hydrogen) atoms. The Balaban J connectivity index is 1.77. The molecule has 1 saturated heterocycles. The van der Waals surface area contributed by atoms with E-state index >= 15 is 0 Å². The molecular weight excluding hydrogens is 361 g/mol. The molecule has 7 heteroatoms. The SMILES string of the molecule is O=C1NC(c2ccc(Cl)c(Cl)c2)C(=O)N1c1cncc2ccccc12. The van der Waals surface area contributed by atoms with Crippen molar-refractivity contribution in [2.75, 3.05) is 4.90 Å². The topological polar surface area (TPSA) is 62.3 Å². The van der Waals surface area contributed by atoms with Crippen molar-refractivity contribution in [3.05, 3.63) is 70.5 Å². The second-order valence-corrected chi connectivity index (χ2v) is 6.42. The number of halogens is 2. The lowest BCUT2D eigenvalue weighted by molar-refractivity contribution is -0.118. The van der Waals surface area contributed by atoms with Crippen LogP contribution in [0.4, 0.5) is 10.5 Å². The molecule has 2 heterocycles. The largest absolute Gasteiger partial charge is 0.329 e. The summed E-state index contributed by atoms with van der Waals surface area (Å²) in [4.78, 5) is 30.6. The van der Waals surface area contributed by atoms with E-state index < -0.39 is 12.1 Å². The van der Waals surface area contributed by atoms with Gasteiger partial charge in [-0.25, -0.2) is 9.69 Å². The maximum absolute atomic E-state index is 12.9. The molecule has 2 aromatic carbocycles. The van der Waals surface area contributed by atoms with Crippen LogP contribution < -0.4 is 10.2 Å². The smallest absolute Gasteiger partial charge is 0.321 e. The van der Waals surface area contributed by atoms with Gasteiger partial charge in [-0.1, -0.05) is 53.5 Å². The number of nitrogens with zero attached hydrogens (tertiary/aromatic N) is 2. The third-order valence-electron chi connectivity index (χ3n) is 4.10. The molecule has 0 bridgehead atoms. The first-order valence-electron chi connectivity index (χ1n) is 7.48. The van der Waals surface area contributed by atoms with Crippen molar-refractivity contribution in [2.24, 2.45) is 0 Å². The number of nitrogens with one attached hydrogen (secondary N) is 1. The highest BCUT2D eigenvalue weighted by molar-refractivity contribution is 6.42. The van der Waals surface area contributed by atoms with Gasteiger partial charge in [-0.3, -0.25) is 9.78 Å². The van der Waals surface area contributed by atoms with Crippen molar-refractivity contribution in [3.63, 3.8) is 0 Å². The number of hydrogen-bond donors (Lipinski definition) is 1. The zero-order valence-electron chi connectivity index (χ0n) is 12.7. The van der Waals surface area contributed by atoms with E-state index in [0.717, 1.165) is 15.7 Å². The average molecular weight is 372 g/mol. The number of rotatable bonds is 2. The van der Waals surface area contributed by atoms with Gasteiger partial charge in [-0.2, -0.15) is 0 Å². The molecule has 3 amide bonds. The third-order valence-corrected chi connectivity index (χ3v) is 4.84. The second-order valence-electron chi connectivity index (χ2n) is 5.61. The molecule has 1 aliphatic rings. The van der Waals surface area contributed by atoms with Gasteiger partial charge in [-0.15, -0.1) is 0 Å². The Kier molecular flexibility index (Phi) is 3.82. The number of aromatic nitrogens is 1. The molecule has 1 aliphatic heterocycles. The van der Waals surface area contributed by atoms with Gasteiger partial charge in [0.05, 0.1) is 21.9 Å². The van der Waals surface area contributed by atoms with Gasteiger partial charge >= 0.3 is 6.03 Å². The van der Waals surface area contributed by atoms with Crippen LogP contribution in [-0.4, -0.2) is 16.9 Å². The van der Waals surface area contributed by atoms with Crippen LogP contribution in [-0.2, 0) is 4.79 Å². The van der Waals surface area contributed by atoms with Crippen LogP contribution in [0.5, 0.6) is 0 Å². The minimum atomic E-state index is -0.818. The van der Waals surface area contributed by atoms with Crippen LogP contribution in [0.3, 0.4) is 0 Å². The summed E-state index contributed by atoms with van der Waals surface area (Å²) in [5.74, 6) is -0.387. The predicted molar refractivity (Wildman–Crippen MR) is 97.0 cm³/mol. The molecule has 1 atom stereocenters. The minimum Gasteiger partial charge on any atom is -0.321 e. The van der Waals surface area contributed by atoms with Gasteiger partial charge in [-0.05, 0) is 17.7 Å². The fourth-order valence-corrected chi connectivity index (χ4v) is 3.21. The maximum atomic E-state index is 12.9. The van der Waals surface area contributed by atoms with Gasteiger partial charge in [0.25, 0.3) is 5.91 Å². The van der Waals surface area contributed by atoms with E-state index in [0.29, 0.717) is 21.3 Å². The second kappa shape index (κ2) is 6.02. The Labute approximate surface area is 153 Å². The molecule has 0 radical (unpaired) electrons. The molecule has 4 rings (SSSR count). The summed E-state index contributed by atoms with van der Waals surface area (Å²) in [6, 6.07) is 11.0. The number of carbonyl (C=O) groups excluding carboxylic acids is 2. The molecule has 3 aromatic rings. The lowest BCUT2D eigenvalue weighted by Gasteiger charge is -2.15. The molecular formula is C18H11Cl2N3O2. The number of pyridine rings is 1. The number of fused-ring (bicyclic) bond motifs is 1. The zero-order chi connectivity index (χ0) is 17.6. The monoisotopic (exact) mass is 371 g/mol.